The van der Waals surface area contributed by atoms with Gasteiger partial charge in [-0.05, 0) is 49.6 Å². The summed E-state index contributed by atoms with van der Waals surface area (Å²) in [5, 5.41) is 21.0. The minimum atomic E-state index is -0.337. The number of hydrogen-bond acceptors (Lipinski definition) is 5. The molecule has 1 saturated carbocycles. The zero-order valence-electron chi connectivity index (χ0n) is 16.1. The van der Waals surface area contributed by atoms with Gasteiger partial charge >= 0.3 is 0 Å². The molecule has 7 heteroatoms. The molecule has 1 aliphatic rings. The van der Waals surface area contributed by atoms with Gasteiger partial charge in [0.05, 0.1) is 23.4 Å². The third kappa shape index (κ3) is 4.66. The van der Waals surface area contributed by atoms with Crippen LogP contribution in [0.3, 0.4) is 0 Å². The van der Waals surface area contributed by atoms with Crippen molar-refractivity contribution < 1.29 is 4.79 Å². The summed E-state index contributed by atoms with van der Waals surface area (Å²) in [6.07, 6.45) is 2.29. The van der Waals surface area contributed by atoms with E-state index in [1.54, 1.807) is 24.3 Å². The molecule has 4 rings (SSSR count). The third-order valence-corrected chi connectivity index (χ3v) is 5.88. The molecule has 0 saturated heterocycles. The standard InChI is InChI=1S/C22H21N5OS/c1-15(21(28)24-19-11-7-16(13-23)8-12-19)29-22-26-25-20(18-9-10-18)27(22)14-17-5-3-2-4-6-17/h2-8,11-12,15,18H,9-10,14H2,1H3,(H,24,28)/t15-/m1/s1. The Labute approximate surface area is 174 Å². The molecule has 0 unspecified atom stereocenters. The van der Waals surface area contributed by atoms with Crippen LogP contribution in [0.25, 0.3) is 0 Å². The molecule has 1 aliphatic carbocycles. The van der Waals surface area contributed by atoms with E-state index >= 15 is 0 Å². The molecule has 1 amide bonds. The summed E-state index contributed by atoms with van der Waals surface area (Å²) in [5.41, 5.74) is 2.42. The van der Waals surface area contributed by atoms with Crippen LogP contribution >= 0.6 is 11.8 Å². The average Bonchev–Trinajstić information content (AvgIpc) is 3.52. The molecule has 1 fully saturated rings. The minimum Gasteiger partial charge on any atom is -0.325 e. The van der Waals surface area contributed by atoms with Crippen molar-refractivity contribution in [1.29, 1.82) is 5.26 Å². The molecule has 146 valence electrons. The Balaban J connectivity index is 1.47. The van der Waals surface area contributed by atoms with Gasteiger partial charge in [-0.2, -0.15) is 5.26 Å². The predicted octanol–water partition coefficient (Wildman–Crippen LogP) is 4.19. The molecule has 3 aromatic rings. The van der Waals surface area contributed by atoms with Crippen LogP contribution in [0, 0.1) is 11.3 Å². The van der Waals surface area contributed by atoms with Crippen LogP contribution in [-0.2, 0) is 11.3 Å². The van der Waals surface area contributed by atoms with Crippen LogP contribution in [0.4, 0.5) is 5.69 Å². The van der Waals surface area contributed by atoms with E-state index in [1.807, 2.05) is 25.1 Å². The molecular formula is C22H21N5OS. The Bertz CT molecular complexity index is 1040. The van der Waals surface area contributed by atoms with Crippen LogP contribution in [-0.4, -0.2) is 25.9 Å². The first kappa shape index (κ1) is 19.2. The first-order valence-electron chi connectivity index (χ1n) is 9.59. The van der Waals surface area contributed by atoms with Gasteiger partial charge in [0, 0.05) is 11.6 Å². The van der Waals surface area contributed by atoms with Crippen molar-refractivity contribution in [2.24, 2.45) is 0 Å². The maximum absolute atomic E-state index is 12.6. The van der Waals surface area contributed by atoms with E-state index in [-0.39, 0.29) is 11.2 Å². The van der Waals surface area contributed by atoms with Gasteiger partial charge in [-0.3, -0.25) is 4.79 Å². The van der Waals surface area contributed by atoms with E-state index in [0.717, 1.165) is 23.8 Å². The lowest BCUT2D eigenvalue weighted by atomic mass is 10.2. The van der Waals surface area contributed by atoms with Crippen LogP contribution in [0.15, 0.2) is 59.8 Å². The third-order valence-electron chi connectivity index (χ3n) is 4.80. The minimum absolute atomic E-state index is 0.109. The second-order valence-electron chi connectivity index (χ2n) is 7.13. The Kier molecular flexibility index (Phi) is 5.63. The smallest absolute Gasteiger partial charge is 0.237 e. The molecule has 0 spiro atoms. The van der Waals surface area contributed by atoms with Gasteiger partial charge in [-0.1, -0.05) is 42.1 Å². The Hall–Kier alpha value is -3.11. The van der Waals surface area contributed by atoms with Gasteiger partial charge in [-0.15, -0.1) is 10.2 Å². The van der Waals surface area contributed by atoms with Gasteiger partial charge in [0.1, 0.15) is 5.82 Å². The van der Waals surface area contributed by atoms with E-state index in [2.05, 4.69) is 38.3 Å². The molecule has 0 radical (unpaired) electrons. The number of thioether (sulfide) groups is 1. The van der Waals surface area contributed by atoms with Crippen molar-refractivity contribution >= 4 is 23.4 Å². The topological polar surface area (TPSA) is 83.6 Å². The Morgan fingerprint density at radius 2 is 1.93 bits per heavy atom. The molecule has 6 nitrogen and oxygen atoms in total. The first-order valence-corrected chi connectivity index (χ1v) is 10.5. The lowest BCUT2D eigenvalue weighted by Gasteiger charge is -2.14. The van der Waals surface area contributed by atoms with Gasteiger partial charge in [0.15, 0.2) is 5.16 Å². The number of nitrogens with zero attached hydrogens (tertiary/aromatic N) is 4. The summed E-state index contributed by atoms with van der Waals surface area (Å²) in [6.45, 7) is 2.56. The number of rotatable bonds is 7. The normalized spacial score (nSPS) is 14.2. The molecule has 0 bridgehead atoms. The number of carbonyl (C=O) groups excluding carboxylic acids is 1. The lowest BCUT2D eigenvalue weighted by molar-refractivity contribution is -0.115. The van der Waals surface area contributed by atoms with E-state index in [4.69, 9.17) is 5.26 Å². The van der Waals surface area contributed by atoms with Crippen molar-refractivity contribution in [2.45, 2.75) is 42.6 Å². The number of hydrogen-bond donors (Lipinski definition) is 1. The fraction of sp³-hybridized carbons (Fsp3) is 0.273. The number of amides is 1. The van der Waals surface area contributed by atoms with Gasteiger partial charge in [0.2, 0.25) is 5.91 Å². The summed E-state index contributed by atoms with van der Waals surface area (Å²) in [7, 11) is 0. The Morgan fingerprint density at radius 3 is 2.59 bits per heavy atom. The van der Waals surface area contributed by atoms with Crippen LogP contribution in [0.2, 0.25) is 0 Å². The van der Waals surface area contributed by atoms with E-state index in [9.17, 15) is 4.79 Å². The van der Waals surface area contributed by atoms with E-state index in [1.165, 1.54) is 17.3 Å². The molecule has 1 atom stereocenters. The average molecular weight is 404 g/mol. The highest BCUT2D eigenvalue weighted by molar-refractivity contribution is 8.00. The number of aromatic nitrogens is 3. The fourth-order valence-electron chi connectivity index (χ4n) is 3.03. The second kappa shape index (κ2) is 8.50. The molecule has 29 heavy (non-hydrogen) atoms. The highest BCUT2D eigenvalue weighted by Gasteiger charge is 2.31. The summed E-state index contributed by atoms with van der Waals surface area (Å²) in [4.78, 5) is 12.6. The monoisotopic (exact) mass is 403 g/mol. The summed E-state index contributed by atoms with van der Waals surface area (Å²) in [5.74, 6) is 1.38. The summed E-state index contributed by atoms with van der Waals surface area (Å²) >= 11 is 1.42. The number of nitriles is 1. The molecule has 0 aliphatic heterocycles. The largest absolute Gasteiger partial charge is 0.325 e. The van der Waals surface area contributed by atoms with Crippen molar-refractivity contribution in [1.82, 2.24) is 14.8 Å². The number of benzene rings is 2. The number of carbonyl (C=O) groups is 1. The molecule has 1 aromatic heterocycles. The zero-order valence-corrected chi connectivity index (χ0v) is 16.9. The SMILES string of the molecule is C[C@@H](Sc1nnc(C2CC2)n1Cc1ccccc1)C(=O)Nc1ccc(C#N)cc1. The van der Waals surface area contributed by atoms with Gasteiger partial charge in [-0.25, -0.2) is 0 Å². The Morgan fingerprint density at radius 1 is 1.21 bits per heavy atom. The molecule has 1 heterocycles. The maximum atomic E-state index is 12.6. The first-order chi connectivity index (χ1) is 14.1. The van der Waals surface area contributed by atoms with E-state index < -0.39 is 0 Å². The lowest BCUT2D eigenvalue weighted by Crippen LogP contribution is -2.23. The van der Waals surface area contributed by atoms with Crippen molar-refractivity contribution in [3.05, 3.63) is 71.5 Å². The highest BCUT2D eigenvalue weighted by atomic mass is 32.2. The van der Waals surface area contributed by atoms with Crippen LogP contribution < -0.4 is 5.32 Å². The zero-order chi connectivity index (χ0) is 20.2. The van der Waals surface area contributed by atoms with Crippen molar-refractivity contribution in [2.75, 3.05) is 5.32 Å². The van der Waals surface area contributed by atoms with Crippen molar-refractivity contribution in [3.8, 4) is 6.07 Å². The van der Waals surface area contributed by atoms with Gasteiger partial charge in [0.25, 0.3) is 0 Å². The van der Waals surface area contributed by atoms with Crippen LogP contribution in [0.1, 0.15) is 42.6 Å². The van der Waals surface area contributed by atoms with E-state index in [0.29, 0.717) is 23.7 Å². The van der Waals surface area contributed by atoms with Gasteiger partial charge < -0.3 is 9.88 Å². The quantitative estimate of drug-likeness (QED) is 0.598. The van der Waals surface area contributed by atoms with Crippen molar-refractivity contribution in [3.63, 3.8) is 0 Å². The second-order valence-corrected chi connectivity index (χ2v) is 8.43. The maximum Gasteiger partial charge on any atom is 0.237 e. The molecule has 1 N–H and O–H groups in total. The van der Waals surface area contributed by atoms with Crippen LogP contribution in [0.5, 0.6) is 0 Å². The molecule has 2 aromatic carbocycles. The number of anilines is 1. The molecular weight excluding hydrogens is 382 g/mol. The summed E-state index contributed by atoms with van der Waals surface area (Å²) in [6, 6.07) is 19.1. The summed E-state index contributed by atoms with van der Waals surface area (Å²) < 4.78 is 2.14. The highest BCUT2D eigenvalue weighted by Crippen LogP contribution is 2.40. The predicted molar refractivity (Wildman–Crippen MR) is 113 cm³/mol. The fourth-order valence-corrected chi connectivity index (χ4v) is 3.88. The number of nitrogens with one attached hydrogen (secondary N) is 1.